The zero-order valence-electron chi connectivity index (χ0n) is 12.7. The van der Waals surface area contributed by atoms with Gasteiger partial charge in [0.15, 0.2) is 5.82 Å². The first-order chi connectivity index (χ1) is 10.1. The summed E-state index contributed by atoms with van der Waals surface area (Å²) < 4.78 is 13.8. The van der Waals surface area contributed by atoms with Crippen molar-refractivity contribution in [2.75, 3.05) is 18.5 Å². The van der Waals surface area contributed by atoms with Crippen molar-refractivity contribution in [2.45, 2.75) is 26.4 Å². The lowest BCUT2D eigenvalue weighted by Crippen LogP contribution is -2.24. The van der Waals surface area contributed by atoms with Crippen LogP contribution in [0.2, 0.25) is 0 Å². The summed E-state index contributed by atoms with van der Waals surface area (Å²) in [7, 11) is 1.89. The minimum absolute atomic E-state index is 0.111. The molecule has 2 rings (SSSR count). The van der Waals surface area contributed by atoms with Crippen molar-refractivity contribution >= 4 is 5.82 Å². The Morgan fingerprint density at radius 1 is 1.19 bits per heavy atom. The van der Waals surface area contributed by atoms with Crippen LogP contribution in [-0.4, -0.2) is 23.8 Å². The molecule has 0 bridgehead atoms. The second-order valence-corrected chi connectivity index (χ2v) is 4.97. The molecule has 1 N–H and O–H groups in total. The Bertz CT molecular complexity index is 571. The standard InChI is InChI=1S/C16H21FN4/c1-4-18-11-13-9-10-16(20-19-13)21(3)12(2)14-7-5-6-8-15(14)17/h5-10,12,18H,4,11H2,1-3H3. The van der Waals surface area contributed by atoms with E-state index in [1.165, 1.54) is 6.07 Å². The van der Waals surface area contributed by atoms with Gasteiger partial charge >= 0.3 is 0 Å². The molecule has 1 heterocycles. The second-order valence-electron chi connectivity index (χ2n) is 4.97. The summed E-state index contributed by atoms with van der Waals surface area (Å²) in [5, 5.41) is 11.6. The van der Waals surface area contributed by atoms with Gasteiger partial charge in [0.25, 0.3) is 0 Å². The molecule has 0 spiro atoms. The maximum atomic E-state index is 13.8. The summed E-state index contributed by atoms with van der Waals surface area (Å²) >= 11 is 0. The molecule has 1 atom stereocenters. The first kappa shape index (κ1) is 15.4. The molecule has 2 aromatic rings. The van der Waals surface area contributed by atoms with Crippen LogP contribution in [0.4, 0.5) is 10.2 Å². The van der Waals surface area contributed by atoms with Gasteiger partial charge in [0.1, 0.15) is 5.82 Å². The van der Waals surface area contributed by atoms with E-state index < -0.39 is 0 Å². The van der Waals surface area contributed by atoms with Crippen LogP contribution in [0.1, 0.15) is 31.1 Å². The Morgan fingerprint density at radius 2 is 1.95 bits per heavy atom. The summed E-state index contributed by atoms with van der Waals surface area (Å²) in [6.45, 7) is 5.60. The summed E-state index contributed by atoms with van der Waals surface area (Å²) in [6.07, 6.45) is 0. The number of anilines is 1. The number of hydrogen-bond acceptors (Lipinski definition) is 4. The van der Waals surface area contributed by atoms with Crippen LogP contribution < -0.4 is 10.2 Å². The molecule has 0 aliphatic rings. The Kier molecular flexibility index (Phi) is 5.22. The van der Waals surface area contributed by atoms with E-state index in [-0.39, 0.29) is 11.9 Å². The molecule has 1 aromatic carbocycles. The van der Waals surface area contributed by atoms with Gasteiger partial charge in [-0.1, -0.05) is 25.1 Å². The number of halogens is 1. The maximum Gasteiger partial charge on any atom is 0.151 e. The number of benzene rings is 1. The number of aromatic nitrogens is 2. The van der Waals surface area contributed by atoms with Crippen molar-refractivity contribution in [1.82, 2.24) is 15.5 Å². The molecule has 4 nitrogen and oxygen atoms in total. The van der Waals surface area contributed by atoms with Gasteiger partial charge in [-0.05, 0) is 31.7 Å². The summed E-state index contributed by atoms with van der Waals surface area (Å²) in [5.74, 6) is 0.527. The normalized spacial score (nSPS) is 12.2. The zero-order chi connectivity index (χ0) is 15.2. The van der Waals surface area contributed by atoms with Crippen LogP contribution in [0.15, 0.2) is 36.4 Å². The molecule has 0 aliphatic carbocycles. The number of nitrogens with zero attached hydrogens (tertiary/aromatic N) is 3. The highest BCUT2D eigenvalue weighted by Gasteiger charge is 2.16. The highest BCUT2D eigenvalue weighted by atomic mass is 19.1. The van der Waals surface area contributed by atoms with E-state index >= 15 is 0 Å². The molecule has 0 fully saturated rings. The summed E-state index contributed by atoms with van der Waals surface area (Å²) in [4.78, 5) is 1.92. The molecule has 0 radical (unpaired) electrons. The zero-order valence-corrected chi connectivity index (χ0v) is 12.7. The van der Waals surface area contributed by atoms with Crippen LogP contribution in [0.5, 0.6) is 0 Å². The van der Waals surface area contributed by atoms with E-state index in [1.54, 1.807) is 12.1 Å². The molecular formula is C16H21FN4. The van der Waals surface area contributed by atoms with Gasteiger partial charge in [0.2, 0.25) is 0 Å². The molecule has 0 saturated carbocycles. The first-order valence-corrected chi connectivity index (χ1v) is 7.14. The third-order valence-electron chi connectivity index (χ3n) is 3.56. The van der Waals surface area contributed by atoms with Crippen molar-refractivity contribution in [3.63, 3.8) is 0 Å². The van der Waals surface area contributed by atoms with E-state index in [4.69, 9.17) is 0 Å². The minimum Gasteiger partial charge on any atom is -0.351 e. The molecule has 1 aromatic heterocycles. The number of rotatable bonds is 6. The van der Waals surface area contributed by atoms with Gasteiger partial charge in [0.05, 0.1) is 11.7 Å². The monoisotopic (exact) mass is 288 g/mol. The fraction of sp³-hybridized carbons (Fsp3) is 0.375. The van der Waals surface area contributed by atoms with E-state index in [0.29, 0.717) is 12.1 Å². The SMILES string of the molecule is CCNCc1ccc(N(C)C(C)c2ccccc2F)nn1. The van der Waals surface area contributed by atoms with E-state index in [2.05, 4.69) is 15.5 Å². The second kappa shape index (κ2) is 7.13. The molecule has 0 saturated heterocycles. The van der Waals surface area contributed by atoms with Gasteiger partial charge in [-0.25, -0.2) is 4.39 Å². The summed E-state index contributed by atoms with van der Waals surface area (Å²) in [5.41, 5.74) is 1.55. The van der Waals surface area contributed by atoms with Crippen molar-refractivity contribution in [3.05, 3.63) is 53.5 Å². The average Bonchev–Trinajstić information content (AvgIpc) is 2.52. The first-order valence-electron chi connectivity index (χ1n) is 7.14. The van der Waals surface area contributed by atoms with Gasteiger partial charge in [-0.2, -0.15) is 5.10 Å². The lowest BCUT2D eigenvalue weighted by molar-refractivity contribution is 0.583. The predicted octanol–water partition coefficient (Wildman–Crippen LogP) is 2.92. The highest BCUT2D eigenvalue weighted by molar-refractivity contribution is 5.40. The van der Waals surface area contributed by atoms with Crippen LogP contribution in [0.25, 0.3) is 0 Å². The fourth-order valence-electron chi connectivity index (χ4n) is 2.11. The maximum absolute atomic E-state index is 13.8. The van der Waals surface area contributed by atoms with Crippen LogP contribution in [-0.2, 0) is 6.54 Å². The lowest BCUT2D eigenvalue weighted by Gasteiger charge is -2.26. The van der Waals surface area contributed by atoms with Gasteiger partial charge in [-0.15, -0.1) is 5.10 Å². The predicted molar refractivity (Wildman–Crippen MR) is 82.6 cm³/mol. The fourth-order valence-corrected chi connectivity index (χ4v) is 2.11. The molecule has 0 amide bonds. The van der Waals surface area contributed by atoms with Crippen molar-refractivity contribution < 1.29 is 4.39 Å². The molecule has 112 valence electrons. The largest absolute Gasteiger partial charge is 0.351 e. The van der Waals surface area contributed by atoms with Crippen molar-refractivity contribution in [2.24, 2.45) is 0 Å². The lowest BCUT2D eigenvalue weighted by atomic mass is 10.1. The summed E-state index contributed by atoms with van der Waals surface area (Å²) in [6, 6.07) is 10.6. The van der Waals surface area contributed by atoms with E-state index in [0.717, 1.165) is 18.1 Å². The average molecular weight is 288 g/mol. The molecule has 1 unspecified atom stereocenters. The van der Waals surface area contributed by atoms with Crippen LogP contribution in [0, 0.1) is 5.82 Å². The number of hydrogen-bond donors (Lipinski definition) is 1. The third kappa shape index (κ3) is 3.76. The molecule has 5 heteroatoms. The molecule has 21 heavy (non-hydrogen) atoms. The van der Waals surface area contributed by atoms with E-state index in [9.17, 15) is 4.39 Å². The van der Waals surface area contributed by atoms with Crippen molar-refractivity contribution in [3.8, 4) is 0 Å². The third-order valence-corrected chi connectivity index (χ3v) is 3.56. The highest BCUT2D eigenvalue weighted by Crippen LogP contribution is 2.25. The van der Waals surface area contributed by atoms with Crippen LogP contribution >= 0.6 is 0 Å². The minimum atomic E-state index is -0.200. The van der Waals surface area contributed by atoms with Crippen molar-refractivity contribution in [1.29, 1.82) is 0 Å². The molecule has 0 aliphatic heterocycles. The van der Waals surface area contributed by atoms with Gasteiger partial charge < -0.3 is 10.2 Å². The quantitative estimate of drug-likeness (QED) is 0.887. The van der Waals surface area contributed by atoms with Gasteiger partial charge in [0, 0.05) is 19.2 Å². The Morgan fingerprint density at radius 3 is 2.57 bits per heavy atom. The smallest absolute Gasteiger partial charge is 0.151 e. The Hall–Kier alpha value is -2.01. The molecular weight excluding hydrogens is 267 g/mol. The van der Waals surface area contributed by atoms with E-state index in [1.807, 2.05) is 44.0 Å². The Balaban J connectivity index is 2.12. The Labute approximate surface area is 125 Å². The topological polar surface area (TPSA) is 41.0 Å². The number of nitrogens with one attached hydrogen (secondary N) is 1. The van der Waals surface area contributed by atoms with Crippen LogP contribution in [0.3, 0.4) is 0 Å². The van der Waals surface area contributed by atoms with Gasteiger partial charge in [-0.3, -0.25) is 0 Å².